The summed E-state index contributed by atoms with van der Waals surface area (Å²) >= 11 is 0. The van der Waals surface area contributed by atoms with E-state index in [9.17, 15) is 4.79 Å². The van der Waals surface area contributed by atoms with E-state index in [0.717, 1.165) is 5.56 Å². The van der Waals surface area contributed by atoms with Gasteiger partial charge in [0.15, 0.2) is 12.4 Å². The molecule has 1 aromatic rings. The Labute approximate surface area is 118 Å². The number of ether oxygens (including phenoxy) is 4. The van der Waals surface area contributed by atoms with Crippen LogP contribution in [0.2, 0.25) is 0 Å². The van der Waals surface area contributed by atoms with Crippen molar-refractivity contribution in [2.24, 2.45) is 0 Å². The zero-order chi connectivity index (χ0) is 14.4. The van der Waals surface area contributed by atoms with Crippen LogP contribution in [0.5, 0.6) is 0 Å². The van der Waals surface area contributed by atoms with Crippen LogP contribution in [-0.4, -0.2) is 39.2 Å². The van der Waals surface area contributed by atoms with Crippen LogP contribution < -0.4 is 0 Å². The molecule has 0 spiro atoms. The third-order valence-electron chi connectivity index (χ3n) is 2.95. The quantitative estimate of drug-likeness (QED) is 0.607. The van der Waals surface area contributed by atoms with Crippen molar-refractivity contribution in [3.05, 3.63) is 48.0 Å². The average Bonchev–Trinajstić information content (AvgIpc) is 2.92. The molecule has 1 aromatic carbocycles. The summed E-state index contributed by atoms with van der Waals surface area (Å²) in [5.74, 6) is -0.443. The maximum atomic E-state index is 11.8. The van der Waals surface area contributed by atoms with E-state index in [1.807, 2.05) is 30.3 Å². The van der Waals surface area contributed by atoms with Gasteiger partial charge in [0.25, 0.3) is 0 Å². The molecule has 1 saturated heterocycles. The summed E-state index contributed by atoms with van der Waals surface area (Å²) in [6.45, 7) is 0.460. The van der Waals surface area contributed by atoms with E-state index in [2.05, 4.69) is 0 Å². The number of benzene rings is 1. The third kappa shape index (κ3) is 3.45. The van der Waals surface area contributed by atoms with E-state index < -0.39 is 24.5 Å². The first-order valence-electron chi connectivity index (χ1n) is 6.35. The van der Waals surface area contributed by atoms with Crippen molar-refractivity contribution in [1.82, 2.24) is 0 Å². The van der Waals surface area contributed by atoms with Gasteiger partial charge in [-0.15, -0.1) is 0 Å². The number of hydrogen-bond acceptors (Lipinski definition) is 5. The van der Waals surface area contributed by atoms with Crippen LogP contribution in [0, 0.1) is 0 Å². The highest BCUT2D eigenvalue weighted by Crippen LogP contribution is 2.33. The molecule has 5 heteroatoms. The summed E-state index contributed by atoms with van der Waals surface area (Å²) < 4.78 is 21.0. The fourth-order valence-corrected chi connectivity index (χ4v) is 2.01. The van der Waals surface area contributed by atoms with Gasteiger partial charge in [-0.3, -0.25) is 0 Å². The Bertz CT molecular complexity index is 457. The molecule has 2 rings (SSSR count). The zero-order valence-corrected chi connectivity index (χ0v) is 11.5. The normalized spacial score (nSPS) is 26.0. The molecule has 0 radical (unpaired) electrons. The van der Waals surface area contributed by atoms with Crippen molar-refractivity contribution in [3.8, 4) is 0 Å². The molecule has 1 unspecified atom stereocenters. The van der Waals surface area contributed by atoms with Crippen LogP contribution in [0.4, 0.5) is 0 Å². The van der Waals surface area contributed by atoms with Gasteiger partial charge in [0.2, 0.25) is 0 Å². The first-order chi connectivity index (χ1) is 9.76. The molecule has 5 nitrogen and oxygen atoms in total. The van der Waals surface area contributed by atoms with Gasteiger partial charge in [0, 0.05) is 7.11 Å². The zero-order valence-electron chi connectivity index (χ0n) is 11.5. The van der Waals surface area contributed by atoms with Crippen LogP contribution in [0.1, 0.15) is 11.7 Å². The highest BCUT2D eigenvalue weighted by atomic mass is 16.7. The van der Waals surface area contributed by atoms with Gasteiger partial charge in [0.1, 0.15) is 6.10 Å². The Morgan fingerprint density at radius 1 is 1.25 bits per heavy atom. The molecule has 1 aliphatic rings. The van der Waals surface area contributed by atoms with Crippen LogP contribution >= 0.6 is 0 Å². The lowest BCUT2D eigenvalue weighted by molar-refractivity contribution is -0.153. The van der Waals surface area contributed by atoms with Crippen molar-refractivity contribution in [3.63, 3.8) is 0 Å². The van der Waals surface area contributed by atoms with Crippen molar-refractivity contribution < 1.29 is 23.7 Å². The fourth-order valence-electron chi connectivity index (χ4n) is 2.01. The molecule has 3 atom stereocenters. The Kier molecular flexibility index (Phi) is 5.29. The summed E-state index contributed by atoms with van der Waals surface area (Å²) in [7, 11) is 2.94. The van der Waals surface area contributed by atoms with Crippen LogP contribution in [-0.2, 0) is 23.7 Å². The van der Waals surface area contributed by atoms with Gasteiger partial charge < -0.3 is 18.9 Å². The van der Waals surface area contributed by atoms with Crippen LogP contribution in [0.25, 0.3) is 0 Å². The third-order valence-corrected chi connectivity index (χ3v) is 2.95. The number of rotatable bonds is 5. The van der Waals surface area contributed by atoms with Crippen molar-refractivity contribution in [1.29, 1.82) is 0 Å². The van der Waals surface area contributed by atoms with E-state index >= 15 is 0 Å². The molecule has 0 amide bonds. The lowest BCUT2D eigenvalue weighted by Crippen LogP contribution is -2.27. The van der Waals surface area contributed by atoms with Crippen molar-refractivity contribution in [2.75, 3.05) is 20.8 Å². The van der Waals surface area contributed by atoms with Crippen LogP contribution in [0.15, 0.2) is 42.5 Å². The first-order valence-corrected chi connectivity index (χ1v) is 6.35. The highest BCUT2D eigenvalue weighted by molar-refractivity contribution is 5.76. The van der Waals surface area contributed by atoms with Gasteiger partial charge in [-0.2, -0.15) is 0 Å². The van der Waals surface area contributed by atoms with E-state index in [1.54, 1.807) is 19.3 Å². The second kappa shape index (κ2) is 7.19. The van der Waals surface area contributed by atoms with Crippen molar-refractivity contribution >= 4 is 5.97 Å². The summed E-state index contributed by atoms with van der Waals surface area (Å²) in [6, 6.07) is 9.47. The molecular formula is C15H18O5. The monoisotopic (exact) mass is 278 g/mol. The second-order valence-electron chi connectivity index (χ2n) is 4.30. The predicted octanol–water partition coefficient (Wildman–Crippen LogP) is 1.84. The highest BCUT2D eigenvalue weighted by Gasteiger charge is 2.41. The minimum absolute atomic E-state index is 0.443. The standard InChI is InChI=1S/C15H18O5/c1-17-10-6-9-12-19-13(11-7-4-3-5-8-11)14(20-12)15(16)18-2/h3-9,12-14H,10H2,1-2H3/b9-6+/t12-,13?,14+/m0/s1. The average molecular weight is 278 g/mol. The minimum atomic E-state index is -0.764. The Balaban J connectivity index is 2.13. The number of carbonyl (C=O) groups excluding carboxylic acids is 1. The van der Waals surface area contributed by atoms with Gasteiger partial charge in [-0.05, 0) is 11.6 Å². The maximum Gasteiger partial charge on any atom is 0.338 e. The number of methoxy groups -OCH3 is 2. The summed E-state index contributed by atoms with van der Waals surface area (Å²) in [5.41, 5.74) is 0.880. The molecule has 20 heavy (non-hydrogen) atoms. The first kappa shape index (κ1) is 14.7. The molecular weight excluding hydrogens is 260 g/mol. The molecule has 108 valence electrons. The predicted molar refractivity (Wildman–Crippen MR) is 72.0 cm³/mol. The number of esters is 1. The van der Waals surface area contributed by atoms with Gasteiger partial charge in [-0.25, -0.2) is 4.79 Å². The molecule has 1 heterocycles. The largest absolute Gasteiger partial charge is 0.467 e. The Morgan fingerprint density at radius 3 is 2.65 bits per heavy atom. The lowest BCUT2D eigenvalue weighted by Gasteiger charge is -2.14. The fraction of sp³-hybridized carbons (Fsp3) is 0.400. The SMILES string of the molecule is COC/C=C/[C@H]1OC(c2ccccc2)[C@H](C(=O)OC)O1. The number of hydrogen-bond donors (Lipinski definition) is 0. The van der Waals surface area contributed by atoms with E-state index in [1.165, 1.54) is 7.11 Å². The molecule has 1 aliphatic heterocycles. The summed E-state index contributed by atoms with van der Waals surface area (Å²) in [4.78, 5) is 11.8. The molecule has 0 aromatic heterocycles. The Hall–Kier alpha value is -1.69. The molecule has 0 N–H and O–H groups in total. The van der Waals surface area contributed by atoms with E-state index in [4.69, 9.17) is 18.9 Å². The smallest absolute Gasteiger partial charge is 0.338 e. The van der Waals surface area contributed by atoms with E-state index in [0.29, 0.717) is 6.61 Å². The molecule has 0 saturated carbocycles. The summed E-state index contributed by atoms with van der Waals surface area (Å²) in [5, 5.41) is 0. The molecule has 0 bridgehead atoms. The molecule has 1 fully saturated rings. The second-order valence-corrected chi connectivity index (χ2v) is 4.30. The van der Waals surface area contributed by atoms with Gasteiger partial charge in [-0.1, -0.05) is 36.4 Å². The lowest BCUT2D eigenvalue weighted by atomic mass is 10.0. The minimum Gasteiger partial charge on any atom is -0.467 e. The summed E-state index contributed by atoms with van der Waals surface area (Å²) in [6.07, 6.45) is 1.69. The van der Waals surface area contributed by atoms with Crippen molar-refractivity contribution in [2.45, 2.75) is 18.5 Å². The van der Waals surface area contributed by atoms with E-state index in [-0.39, 0.29) is 0 Å². The van der Waals surface area contributed by atoms with Gasteiger partial charge >= 0.3 is 5.97 Å². The maximum absolute atomic E-state index is 11.8. The van der Waals surface area contributed by atoms with Gasteiger partial charge in [0.05, 0.1) is 13.7 Å². The Morgan fingerprint density at radius 2 is 2.00 bits per heavy atom. The number of carbonyl (C=O) groups is 1. The van der Waals surface area contributed by atoms with Crippen LogP contribution in [0.3, 0.4) is 0 Å². The molecule has 0 aliphatic carbocycles. The topological polar surface area (TPSA) is 54.0 Å².